The Kier molecular flexibility index (Phi) is 1.92. The van der Waals surface area contributed by atoms with Gasteiger partial charge in [0.2, 0.25) is 0 Å². The average molecular weight is 186 g/mol. The highest BCUT2D eigenvalue weighted by atomic mass is 16.6. The topological polar surface area (TPSA) is 84.6 Å². The number of aliphatic hydroxyl groups excluding tert-OH is 1. The lowest BCUT2D eigenvalue weighted by Crippen LogP contribution is -2.57. The summed E-state index contributed by atoms with van der Waals surface area (Å²) in [6, 6.07) is -0.339. The fraction of sp³-hybridized carbons (Fsp3) is 0.875. The molecule has 74 valence electrons. The fourth-order valence-electron chi connectivity index (χ4n) is 2.12. The molecule has 4 N–H and O–H groups in total. The average Bonchev–Trinajstić information content (AvgIpc) is 2.44. The number of hydrogen-bond acceptors (Lipinski definition) is 4. The highest BCUT2D eigenvalue weighted by molar-refractivity contribution is 5.70. The monoisotopic (exact) mass is 186 g/mol. The zero-order chi connectivity index (χ0) is 9.59. The Labute approximate surface area is 76.2 Å². The van der Waals surface area contributed by atoms with Gasteiger partial charge in [0.15, 0.2) is 6.10 Å². The smallest absolute Gasteiger partial charge is 0.407 e. The number of carbonyl (C=O) groups excluding carboxylic acids is 1. The van der Waals surface area contributed by atoms with Crippen molar-refractivity contribution in [3.05, 3.63) is 0 Å². The number of carbonyl (C=O) groups is 1. The Balaban J connectivity index is 2.17. The van der Waals surface area contributed by atoms with Gasteiger partial charge in [0.1, 0.15) is 0 Å². The largest absolute Gasteiger partial charge is 0.441 e. The number of alkyl carbamates (subject to hydrolysis) is 1. The van der Waals surface area contributed by atoms with Crippen molar-refractivity contribution in [2.24, 2.45) is 11.7 Å². The molecule has 0 spiro atoms. The second-order valence-corrected chi connectivity index (χ2v) is 3.91. The van der Waals surface area contributed by atoms with Crippen LogP contribution in [0.4, 0.5) is 4.79 Å². The van der Waals surface area contributed by atoms with Gasteiger partial charge in [0.25, 0.3) is 0 Å². The summed E-state index contributed by atoms with van der Waals surface area (Å²) in [5, 5.41) is 12.3. The van der Waals surface area contributed by atoms with E-state index >= 15 is 0 Å². The second kappa shape index (κ2) is 2.85. The number of rotatable bonds is 0. The van der Waals surface area contributed by atoms with Crippen molar-refractivity contribution in [2.75, 3.05) is 0 Å². The lowest BCUT2D eigenvalue weighted by Gasteiger charge is -2.36. The summed E-state index contributed by atoms with van der Waals surface area (Å²) < 4.78 is 4.94. The molecule has 1 aliphatic heterocycles. The Hall–Kier alpha value is -0.810. The predicted octanol–water partition coefficient (Wildman–Crippen LogP) is -0.809. The van der Waals surface area contributed by atoms with Crippen LogP contribution in [0.1, 0.15) is 13.3 Å². The third-order valence-corrected chi connectivity index (χ3v) is 2.91. The number of nitrogens with one attached hydrogen (secondary N) is 1. The van der Waals surface area contributed by atoms with E-state index in [1.165, 1.54) is 0 Å². The second-order valence-electron chi connectivity index (χ2n) is 3.91. The minimum atomic E-state index is -0.594. The molecular weight excluding hydrogens is 172 g/mol. The lowest BCUT2D eigenvalue weighted by molar-refractivity contribution is -0.0384. The summed E-state index contributed by atoms with van der Waals surface area (Å²) in [7, 11) is 0. The van der Waals surface area contributed by atoms with Crippen molar-refractivity contribution in [3.8, 4) is 0 Å². The highest BCUT2D eigenvalue weighted by Crippen LogP contribution is 2.29. The van der Waals surface area contributed by atoms with E-state index in [4.69, 9.17) is 10.5 Å². The van der Waals surface area contributed by atoms with Crippen LogP contribution in [0.2, 0.25) is 0 Å². The van der Waals surface area contributed by atoms with E-state index in [0.717, 1.165) is 0 Å². The Morgan fingerprint density at radius 1 is 1.69 bits per heavy atom. The molecule has 0 aromatic heterocycles. The van der Waals surface area contributed by atoms with Gasteiger partial charge in [-0.15, -0.1) is 0 Å². The molecule has 1 amide bonds. The van der Waals surface area contributed by atoms with Crippen LogP contribution in [-0.4, -0.2) is 35.5 Å². The maximum atomic E-state index is 10.9. The molecule has 1 saturated heterocycles. The molecule has 0 aromatic carbocycles. The van der Waals surface area contributed by atoms with Crippen molar-refractivity contribution >= 4 is 6.09 Å². The lowest BCUT2D eigenvalue weighted by atomic mass is 9.80. The van der Waals surface area contributed by atoms with E-state index < -0.39 is 18.3 Å². The molecule has 1 aliphatic carbocycles. The van der Waals surface area contributed by atoms with E-state index in [0.29, 0.717) is 6.42 Å². The molecule has 2 rings (SSSR count). The van der Waals surface area contributed by atoms with Gasteiger partial charge in [-0.25, -0.2) is 4.79 Å². The van der Waals surface area contributed by atoms with Crippen LogP contribution >= 0.6 is 0 Å². The van der Waals surface area contributed by atoms with Gasteiger partial charge in [-0.2, -0.15) is 0 Å². The van der Waals surface area contributed by atoms with Crippen molar-refractivity contribution in [2.45, 2.75) is 37.6 Å². The molecule has 13 heavy (non-hydrogen) atoms. The normalized spacial score (nSPS) is 49.5. The minimum absolute atomic E-state index is 0.0870. The number of nitrogens with two attached hydrogens (primary N) is 1. The SMILES string of the molecule is CC1C[C@H](N)[C@H]2NC(=O)O[C@H]2C1O. The molecule has 2 unspecified atom stereocenters. The Morgan fingerprint density at radius 3 is 3.08 bits per heavy atom. The van der Waals surface area contributed by atoms with Crippen LogP contribution in [0.25, 0.3) is 0 Å². The van der Waals surface area contributed by atoms with E-state index in [1.807, 2.05) is 6.92 Å². The number of amides is 1. The summed E-state index contributed by atoms with van der Waals surface area (Å²) >= 11 is 0. The third kappa shape index (κ3) is 1.28. The zero-order valence-electron chi connectivity index (χ0n) is 7.43. The summed E-state index contributed by atoms with van der Waals surface area (Å²) in [6.07, 6.45) is -0.819. The van der Waals surface area contributed by atoms with Crippen LogP contribution in [0, 0.1) is 5.92 Å². The molecule has 0 aromatic rings. The van der Waals surface area contributed by atoms with E-state index in [9.17, 15) is 9.90 Å². The predicted molar refractivity (Wildman–Crippen MR) is 45.0 cm³/mol. The molecule has 5 atom stereocenters. The molecule has 5 heteroatoms. The highest BCUT2D eigenvalue weighted by Gasteiger charge is 2.48. The Bertz CT molecular complexity index is 233. The van der Waals surface area contributed by atoms with Crippen molar-refractivity contribution < 1.29 is 14.6 Å². The molecule has 2 fully saturated rings. The van der Waals surface area contributed by atoms with Crippen LogP contribution in [-0.2, 0) is 4.74 Å². The van der Waals surface area contributed by atoms with Crippen LogP contribution < -0.4 is 11.1 Å². The van der Waals surface area contributed by atoms with E-state index in [-0.39, 0.29) is 18.0 Å². The maximum Gasteiger partial charge on any atom is 0.407 e. The van der Waals surface area contributed by atoms with Crippen molar-refractivity contribution in [3.63, 3.8) is 0 Å². The standard InChI is InChI=1S/C8H14N2O3/c1-3-2-4(9)5-7(6(3)11)13-8(12)10-5/h3-7,11H,2,9H2,1H3,(H,10,12)/t3?,4-,5+,6?,7+/m0/s1. The Morgan fingerprint density at radius 2 is 2.38 bits per heavy atom. The molecule has 2 aliphatic rings. The number of aliphatic hydroxyl groups is 1. The first-order valence-corrected chi connectivity index (χ1v) is 4.50. The minimum Gasteiger partial charge on any atom is -0.441 e. The van der Waals surface area contributed by atoms with Gasteiger partial charge < -0.3 is 20.9 Å². The molecular formula is C8H14N2O3. The van der Waals surface area contributed by atoms with Gasteiger partial charge >= 0.3 is 6.09 Å². The molecule has 5 nitrogen and oxygen atoms in total. The van der Waals surface area contributed by atoms with E-state index in [1.54, 1.807) is 0 Å². The maximum absolute atomic E-state index is 10.9. The fourth-order valence-corrected chi connectivity index (χ4v) is 2.12. The summed E-state index contributed by atoms with van der Waals surface area (Å²) in [4.78, 5) is 10.9. The summed E-state index contributed by atoms with van der Waals surface area (Å²) in [6.45, 7) is 1.91. The van der Waals surface area contributed by atoms with E-state index in [2.05, 4.69) is 5.32 Å². The molecule has 1 saturated carbocycles. The molecule has 1 heterocycles. The summed E-state index contributed by atoms with van der Waals surface area (Å²) in [5.74, 6) is 0.0870. The van der Waals surface area contributed by atoms with Crippen LogP contribution in [0.5, 0.6) is 0 Å². The zero-order valence-corrected chi connectivity index (χ0v) is 7.43. The van der Waals surface area contributed by atoms with Crippen molar-refractivity contribution in [1.29, 1.82) is 0 Å². The summed E-state index contributed by atoms with van der Waals surface area (Å²) in [5.41, 5.74) is 5.83. The number of hydrogen-bond donors (Lipinski definition) is 3. The first kappa shape index (κ1) is 8.77. The number of ether oxygens (including phenoxy) is 1. The van der Waals surface area contributed by atoms with Gasteiger partial charge in [-0.3, -0.25) is 0 Å². The third-order valence-electron chi connectivity index (χ3n) is 2.91. The molecule has 0 radical (unpaired) electrons. The number of fused-ring (bicyclic) bond motifs is 1. The quantitative estimate of drug-likeness (QED) is 0.462. The first-order chi connectivity index (χ1) is 6.09. The van der Waals surface area contributed by atoms with Gasteiger partial charge in [0.05, 0.1) is 12.1 Å². The van der Waals surface area contributed by atoms with Gasteiger partial charge in [-0.1, -0.05) is 6.92 Å². The van der Waals surface area contributed by atoms with Crippen LogP contribution in [0.15, 0.2) is 0 Å². The first-order valence-electron chi connectivity index (χ1n) is 4.50. The van der Waals surface area contributed by atoms with Crippen LogP contribution in [0.3, 0.4) is 0 Å². The molecule has 0 bridgehead atoms. The van der Waals surface area contributed by atoms with Gasteiger partial charge in [-0.05, 0) is 12.3 Å². The van der Waals surface area contributed by atoms with Gasteiger partial charge in [0, 0.05) is 6.04 Å². The van der Waals surface area contributed by atoms with Crippen molar-refractivity contribution in [1.82, 2.24) is 5.32 Å².